The SMILES string of the molecule is CC(C)(C)c1cc2cccc(F)c2[nH]1. The van der Waals surface area contributed by atoms with Crippen LogP contribution in [0.25, 0.3) is 10.9 Å². The Kier molecular flexibility index (Phi) is 1.88. The van der Waals surface area contributed by atoms with E-state index in [-0.39, 0.29) is 11.2 Å². The zero-order valence-corrected chi connectivity index (χ0v) is 8.69. The molecule has 74 valence electrons. The summed E-state index contributed by atoms with van der Waals surface area (Å²) in [4.78, 5) is 3.13. The van der Waals surface area contributed by atoms with Crippen molar-refractivity contribution in [3.63, 3.8) is 0 Å². The monoisotopic (exact) mass is 191 g/mol. The molecule has 0 spiro atoms. The topological polar surface area (TPSA) is 15.8 Å². The lowest BCUT2D eigenvalue weighted by molar-refractivity contribution is 0.572. The van der Waals surface area contributed by atoms with E-state index in [2.05, 4.69) is 25.8 Å². The van der Waals surface area contributed by atoms with Crippen molar-refractivity contribution in [3.8, 4) is 0 Å². The van der Waals surface area contributed by atoms with Gasteiger partial charge in [-0.2, -0.15) is 0 Å². The summed E-state index contributed by atoms with van der Waals surface area (Å²) < 4.78 is 13.4. The highest BCUT2D eigenvalue weighted by atomic mass is 19.1. The molecular weight excluding hydrogens is 177 g/mol. The first kappa shape index (κ1) is 9.25. The average Bonchev–Trinajstić information content (AvgIpc) is 2.48. The van der Waals surface area contributed by atoms with Gasteiger partial charge in [0.25, 0.3) is 0 Å². The van der Waals surface area contributed by atoms with E-state index in [1.54, 1.807) is 6.07 Å². The third kappa shape index (κ3) is 1.41. The van der Waals surface area contributed by atoms with Gasteiger partial charge in [-0.25, -0.2) is 4.39 Å². The summed E-state index contributed by atoms with van der Waals surface area (Å²) in [5.41, 5.74) is 1.71. The van der Waals surface area contributed by atoms with E-state index in [9.17, 15) is 4.39 Å². The smallest absolute Gasteiger partial charge is 0.147 e. The van der Waals surface area contributed by atoms with Crippen molar-refractivity contribution in [3.05, 3.63) is 35.8 Å². The Bertz CT molecular complexity index is 463. The molecule has 0 radical (unpaired) electrons. The largest absolute Gasteiger partial charge is 0.356 e. The third-order valence-electron chi connectivity index (χ3n) is 2.41. The van der Waals surface area contributed by atoms with Crippen molar-refractivity contribution < 1.29 is 4.39 Å². The fourth-order valence-electron chi connectivity index (χ4n) is 1.52. The summed E-state index contributed by atoms with van der Waals surface area (Å²) >= 11 is 0. The molecule has 2 rings (SSSR count). The van der Waals surface area contributed by atoms with Crippen molar-refractivity contribution in [1.29, 1.82) is 0 Å². The van der Waals surface area contributed by atoms with Crippen LogP contribution in [-0.2, 0) is 5.41 Å². The first-order valence-corrected chi connectivity index (χ1v) is 4.76. The van der Waals surface area contributed by atoms with Crippen molar-refractivity contribution in [1.82, 2.24) is 4.98 Å². The van der Waals surface area contributed by atoms with E-state index in [4.69, 9.17) is 0 Å². The van der Waals surface area contributed by atoms with Crippen LogP contribution in [0.2, 0.25) is 0 Å². The molecule has 1 nitrogen and oxygen atoms in total. The maximum absolute atomic E-state index is 13.4. The highest BCUT2D eigenvalue weighted by Crippen LogP contribution is 2.26. The van der Waals surface area contributed by atoms with E-state index >= 15 is 0 Å². The van der Waals surface area contributed by atoms with Crippen molar-refractivity contribution >= 4 is 10.9 Å². The Morgan fingerprint density at radius 3 is 2.50 bits per heavy atom. The van der Waals surface area contributed by atoms with E-state index in [1.807, 2.05) is 12.1 Å². The predicted octanol–water partition coefficient (Wildman–Crippen LogP) is 3.60. The number of hydrogen-bond acceptors (Lipinski definition) is 0. The lowest BCUT2D eigenvalue weighted by atomic mass is 9.92. The highest BCUT2D eigenvalue weighted by molar-refractivity contribution is 5.81. The molecule has 0 saturated heterocycles. The van der Waals surface area contributed by atoms with Crippen molar-refractivity contribution in [2.75, 3.05) is 0 Å². The molecule has 0 atom stereocenters. The molecule has 0 aliphatic rings. The zero-order valence-electron chi connectivity index (χ0n) is 8.69. The minimum Gasteiger partial charge on any atom is -0.356 e. The van der Waals surface area contributed by atoms with E-state index in [1.165, 1.54) is 6.07 Å². The third-order valence-corrected chi connectivity index (χ3v) is 2.41. The normalized spacial score (nSPS) is 12.3. The van der Waals surface area contributed by atoms with Crippen LogP contribution in [0.5, 0.6) is 0 Å². The molecule has 0 amide bonds. The van der Waals surface area contributed by atoms with Gasteiger partial charge in [0.05, 0.1) is 5.52 Å². The summed E-state index contributed by atoms with van der Waals surface area (Å²) in [5, 5.41) is 0.940. The van der Waals surface area contributed by atoms with Gasteiger partial charge in [-0.3, -0.25) is 0 Å². The predicted molar refractivity (Wildman–Crippen MR) is 57.0 cm³/mol. The second-order valence-electron chi connectivity index (χ2n) is 4.64. The number of halogens is 1. The van der Waals surface area contributed by atoms with Crippen molar-refractivity contribution in [2.45, 2.75) is 26.2 Å². The minimum absolute atomic E-state index is 0.0332. The van der Waals surface area contributed by atoms with Gasteiger partial charge >= 0.3 is 0 Å². The fourth-order valence-corrected chi connectivity index (χ4v) is 1.52. The van der Waals surface area contributed by atoms with Gasteiger partial charge in [0.15, 0.2) is 0 Å². The number of aromatic amines is 1. The molecule has 0 bridgehead atoms. The molecule has 0 unspecified atom stereocenters. The number of benzene rings is 1. The summed E-state index contributed by atoms with van der Waals surface area (Å²) in [6.07, 6.45) is 0. The minimum atomic E-state index is -0.182. The number of para-hydroxylation sites is 1. The number of rotatable bonds is 0. The first-order chi connectivity index (χ1) is 6.48. The second kappa shape index (κ2) is 2.84. The van der Waals surface area contributed by atoms with E-state index in [0.717, 1.165) is 11.1 Å². The quantitative estimate of drug-likeness (QED) is 0.654. The molecule has 1 aromatic carbocycles. The van der Waals surface area contributed by atoms with Crippen LogP contribution in [-0.4, -0.2) is 4.98 Å². The molecule has 0 aliphatic carbocycles. The van der Waals surface area contributed by atoms with Crippen LogP contribution >= 0.6 is 0 Å². The number of nitrogens with one attached hydrogen (secondary N) is 1. The molecular formula is C12H14FN. The lowest BCUT2D eigenvalue weighted by Crippen LogP contribution is -2.11. The maximum atomic E-state index is 13.4. The summed E-state index contributed by atoms with van der Waals surface area (Å²) in [7, 11) is 0. The standard InChI is InChI=1S/C12H14FN/c1-12(2,3)10-7-8-5-4-6-9(13)11(8)14-10/h4-7,14H,1-3H3. The average molecular weight is 191 g/mol. The molecule has 1 aromatic heterocycles. The van der Waals surface area contributed by atoms with Crippen LogP contribution in [0, 0.1) is 5.82 Å². The Labute approximate surface area is 82.9 Å². The maximum Gasteiger partial charge on any atom is 0.147 e. The molecule has 2 heteroatoms. The van der Waals surface area contributed by atoms with Gasteiger partial charge in [0, 0.05) is 16.5 Å². The van der Waals surface area contributed by atoms with Crippen LogP contribution in [0.4, 0.5) is 4.39 Å². The van der Waals surface area contributed by atoms with Gasteiger partial charge < -0.3 is 4.98 Å². The van der Waals surface area contributed by atoms with Gasteiger partial charge in [-0.1, -0.05) is 32.9 Å². The number of aromatic nitrogens is 1. The first-order valence-electron chi connectivity index (χ1n) is 4.76. The highest BCUT2D eigenvalue weighted by Gasteiger charge is 2.16. The number of hydrogen-bond donors (Lipinski definition) is 1. The number of fused-ring (bicyclic) bond motifs is 1. The molecule has 0 fully saturated rings. The molecule has 14 heavy (non-hydrogen) atoms. The van der Waals surface area contributed by atoms with Gasteiger partial charge in [0.1, 0.15) is 5.82 Å². The van der Waals surface area contributed by atoms with E-state index in [0.29, 0.717) is 5.52 Å². The number of H-pyrrole nitrogens is 1. The van der Waals surface area contributed by atoms with Crippen LogP contribution in [0.1, 0.15) is 26.5 Å². The Morgan fingerprint density at radius 2 is 1.93 bits per heavy atom. The Morgan fingerprint density at radius 1 is 1.21 bits per heavy atom. The van der Waals surface area contributed by atoms with Gasteiger partial charge in [-0.15, -0.1) is 0 Å². The molecule has 0 saturated carbocycles. The zero-order chi connectivity index (χ0) is 10.3. The van der Waals surface area contributed by atoms with Crippen molar-refractivity contribution in [2.24, 2.45) is 0 Å². The van der Waals surface area contributed by atoms with E-state index < -0.39 is 0 Å². The van der Waals surface area contributed by atoms with Crippen LogP contribution in [0.3, 0.4) is 0 Å². The molecule has 1 N–H and O–H groups in total. The Hall–Kier alpha value is -1.31. The molecule has 2 aromatic rings. The van der Waals surface area contributed by atoms with Crippen LogP contribution < -0.4 is 0 Å². The van der Waals surface area contributed by atoms with Crippen LogP contribution in [0.15, 0.2) is 24.3 Å². The summed E-state index contributed by atoms with van der Waals surface area (Å²) in [5.74, 6) is -0.182. The van der Waals surface area contributed by atoms with Gasteiger partial charge in [-0.05, 0) is 12.1 Å². The Balaban J connectivity index is 2.69. The second-order valence-corrected chi connectivity index (χ2v) is 4.64. The molecule has 1 heterocycles. The molecule has 0 aliphatic heterocycles. The summed E-state index contributed by atoms with van der Waals surface area (Å²) in [6.45, 7) is 6.32. The lowest BCUT2D eigenvalue weighted by Gasteiger charge is -2.15. The van der Waals surface area contributed by atoms with Gasteiger partial charge in [0.2, 0.25) is 0 Å². The summed E-state index contributed by atoms with van der Waals surface area (Å²) in [6, 6.07) is 7.14. The fraction of sp³-hybridized carbons (Fsp3) is 0.333.